The second-order valence-corrected chi connectivity index (χ2v) is 10.3. The monoisotopic (exact) mass is 544 g/mol. The van der Waals surface area contributed by atoms with Crippen molar-refractivity contribution >= 4 is 11.8 Å². The van der Waals surface area contributed by atoms with Gasteiger partial charge in [-0.05, 0) is 36.5 Å². The molecule has 3 aromatic carbocycles. The lowest BCUT2D eigenvalue weighted by Crippen LogP contribution is -2.53. The summed E-state index contributed by atoms with van der Waals surface area (Å²) in [5.74, 6) is 1.18. The summed E-state index contributed by atoms with van der Waals surface area (Å²) >= 11 is 0. The van der Waals surface area contributed by atoms with Gasteiger partial charge in [0.2, 0.25) is 5.91 Å². The molecule has 1 atom stereocenters. The summed E-state index contributed by atoms with van der Waals surface area (Å²) in [6, 6.07) is 22.4. The molecule has 2 amide bonds. The van der Waals surface area contributed by atoms with Crippen LogP contribution in [0.1, 0.15) is 48.8 Å². The first kappa shape index (κ1) is 29.0. The molecule has 1 saturated carbocycles. The predicted molar refractivity (Wildman–Crippen MR) is 156 cm³/mol. The van der Waals surface area contributed by atoms with Gasteiger partial charge in [0.05, 0.1) is 14.2 Å². The molecule has 0 heterocycles. The molecule has 1 N–H and O–H groups in total. The molecule has 7 heteroatoms. The number of benzene rings is 3. The van der Waals surface area contributed by atoms with Gasteiger partial charge in [0, 0.05) is 37.2 Å². The molecule has 40 heavy (non-hydrogen) atoms. The van der Waals surface area contributed by atoms with Crippen molar-refractivity contribution in [1.29, 1.82) is 0 Å². The summed E-state index contributed by atoms with van der Waals surface area (Å²) in [7, 11) is 3.12. The van der Waals surface area contributed by atoms with Gasteiger partial charge in [-0.25, -0.2) is 0 Å². The van der Waals surface area contributed by atoms with Crippen molar-refractivity contribution in [3.63, 3.8) is 0 Å². The topological polar surface area (TPSA) is 77.1 Å². The van der Waals surface area contributed by atoms with Gasteiger partial charge in [-0.2, -0.15) is 0 Å². The molecule has 212 valence electrons. The summed E-state index contributed by atoms with van der Waals surface area (Å²) in [5.41, 5.74) is 3.04. The number of hydrogen-bond donors (Lipinski definition) is 1. The number of aryl methyl sites for hydroxylation is 1. The fourth-order valence-corrected chi connectivity index (χ4v) is 5.16. The van der Waals surface area contributed by atoms with Crippen molar-refractivity contribution in [2.75, 3.05) is 20.8 Å². The molecule has 1 fully saturated rings. The quantitative estimate of drug-likeness (QED) is 0.327. The van der Waals surface area contributed by atoms with Gasteiger partial charge in [0.25, 0.3) is 5.91 Å². The number of carbonyl (C=O) groups excluding carboxylic acids is 2. The van der Waals surface area contributed by atoms with E-state index in [2.05, 4.69) is 5.32 Å². The van der Waals surface area contributed by atoms with Crippen LogP contribution in [0.5, 0.6) is 17.2 Å². The summed E-state index contributed by atoms with van der Waals surface area (Å²) in [5, 5.41) is 3.27. The fourth-order valence-electron chi connectivity index (χ4n) is 5.16. The summed E-state index contributed by atoms with van der Waals surface area (Å²) in [4.78, 5) is 29.5. The van der Waals surface area contributed by atoms with Crippen LogP contribution in [0.2, 0.25) is 0 Å². The minimum absolute atomic E-state index is 0.124. The zero-order valence-electron chi connectivity index (χ0n) is 23.7. The molecule has 0 saturated heterocycles. The standard InChI is InChI=1S/C33H40N2O5/c1-24-12-10-11-15-26(24)22-35(32(36)23-40-30-20-28(38-2)19-29(21-30)39-3)31(18-25-13-6-4-7-14-25)33(37)34-27-16-8-5-9-17-27/h4,6-7,10-15,19-21,27,31H,5,8-9,16-18,22-23H2,1-3H3,(H,34,37)/t31-/m0/s1. The Hall–Kier alpha value is -4.00. The Balaban J connectivity index is 1.63. The van der Waals surface area contributed by atoms with Crippen LogP contribution in [-0.4, -0.2) is 49.6 Å². The van der Waals surface area contributed by atoms with Crippen LogP contribution in [-0.2, 0) is 22.6 Å². The number of carbonyl (C=O) groups is 2. The Morgan fingerprint density at radius 3 is 2.15 bits per heavy atom. The van der Waals surface area contributed by atoms with E-state index in [-0.39, 0.29) is 24.5 Å². The van der Waals surface area contributed by atoms with Crippen molar-refractivity contribution in [2.45, 2.75) is 64.1 Å². The van der Waals surface area contributed by atoms with E-state index in [1.54, 1.807) is 37.3 Å². The maximum Gasteiger partial charge on any atom is 0.261 e. The summed E-state index contributed by atoms with van der Waals surface area (Å²) in [6.45, 7) is 2.08. The lowest BCUT2D eigenvalue weighted by Gasteiger charge is -2.33. The largest absolute Gasteiger partial charge is 0.496 e. The van der Waals surface area contributed by atoms with Crippen LogP contribution in [0.15, 0.2) is 72.8 Å². The van der Waals surface area contributed by atoms with E-state index < -0.39 is 6.04 Å². The van der Waals surface area contributed by atoms with Crippen LogP contribution in [0.3, 0.4) is 0 Å². The molecule has 1 aliphatic carbocycles. The number of nitrogens with one attached hydrogen (secondary N) is 1. The summed E-state index contributed by atoms with van der Waals surface area (Å²) in [6.07, 6.45) is 5.76. The summed E-state index contributed by atoms with van der Waals surface area (Å²) < 4.78 is 16.6. The number of ether oxygens (including phenoxy) is 3. The van der Waals surface area contributed by atoms with Gasteiger partial charge in [-0.1, -0.05) is 73.9 Å². The molecule has 0 bridgehead atoms. The van der Waals surface area contributed by atoms with Crippen LogP contribution >= 0.6 is 0 Å². The Labute approximate surface area is 237 Å². The van der Waals surface area contributed by atoms with E-state index in [1.807, 2.05) is 61.5 Å². The maximum atomic E-state index is 13.9. The van der Waals surface area contributed by atoms with Crippen LogP contribution < -0.4 is 19.5 Å². The first-order valence-corrected chi connectivity index (χ1v) is 14.0. The second kappa shape index (κ2) is 14.4. The van der Waals surface area contributed by atoms with Gasteiger partial charge < -0.3 is 24.4 Å². The first-order valence-electron chi connectivity index (χ1n) is 14.0. The number of methoxy groups -OCH3 is 2. The van der Waals surface area contributed by atoms with Gasteiger partial charge >= 0.3 is 0 Å². The zero-order valence-corrected chi connectivity index (χ0v) is 23.7. The van der Waals surface area contributed by atoms with Crippen molar-refractivity contribution in [2.24, 2.45) is 0 Å². The molecule has 3 aromatic rings. The van der Waals surface area contributed by atoms with Crippen molar-refractivity contribution in [3.8, 4) is 17.2 Å². The molecule has 0 spiro atoms. The molecular formula is C33H40N2O5. The van der Waals surface area contributed by atoms with E-state index in [9.17, 15) is 9.59 Å². The minimum Gasteiger partial charge on any atom is -0.496 e. The number of hydrogen-bond acceptors (Lipinski definition) is 5. The van der Waals surface area contributed by atoms with E-state index in [0.29, 0.717) is 30.2 Å². The molecule has 0 aromatic heterocycles. The molecule has 7 nitrogen and oxygen atoms in total. The highest BCUT2D eigenvalue weighted by atomic mass is 16.5. The molecule has 4 rings (SSSR count). The molecule has 0 radical (unpaired) electrons. The Bertz CT molecular complexity index is 1230. The zero-order chi connectivity index (χ0) is 28.3. The van der Waals surface area contributed by atoms with Gasteiger partial charge in [-0.3, -0.25) is 9.59 Å². The molecule has 0 unspecified atom stereocenters. The van der Waals surface area contributed by atoms with E-state index in [0.717, 1.165) is 42.4 Å². The third-order valence-electron chi connectivity index (χ3n) is 7.51. The highest BCUT2D eigenvalue weighted by Crippen LogP contribution is 2.28. The lowest BCUT2D eigenvalue weighted by molar-refractivity contribution is -0.143. The van der Waals surface area contributed by atoms with Crippen molar-refractivity contribution in [1.82, 2.24) is 10.2 Å². The molecule has 1 aliphatic rings. The second-order valence-electron chi connectivity index (χ2n) is 10.3. The third-order valence-corrected chi connectivity index (χ3v) is 7.51. The first-order chi connectivity index (χ1) is 19.5. The van der Waals surface area contributed by atoms with E-state index in [1.165, 1.54) is 6.42 Å². The Kier molecular flexibility index (Phi) is 10.4. The third kappa shape index (κ3) is 8.01. The van der Waals surface area contributed by atoms with Crippen LogP contribution in [0, 0.1) is 6.92 Å². The smallest absolute Gasteiger partial charge is 0.261 e. The minimum atomic E-state index is -0.695. The van der Waals surface area contributed by atoms with E-state index in [4.69, 9.17) is 14.2 Å². The maximum absolute atomic E-state index is 13.9. The van der Waals surface area contributed by atoms with Gasteiger partial charge in [-0.15, -0.1) is 0 Å². The van der Waals surface area contributed by atoms with Crippen LogP contribution in [0.4, 0.5) is 0 Å². The van der Waals surface area contributed by atoms with Crippen molar-refractivity contribution in [3.05, 3.63) is 89.5 Å². The van der Waals surface area contributed by atoms with E-state index >= 15 is 0 Å². The van der Waals surface area contributed by atoms with Crippen molar-refractivity contribution < 1.29 is 23.8 Å². The average Bonchev–Trinajstić information content (AvgIpc) is 2.99. The predicted octanol–water partition coefficient (Wildman–Crippen LogP) is 5.48. The normalized spacial score (nSPS) is 14.2. The lowest BCUT2D eigenvalue weighted by atomic mass is 9.94. The molecular weight excluding hydrogens is 504 g/mol. The molecule has 0 aliphatic heterocycles. The number of amides is 2. The highest BCUT2D eigenvalue weighted by molar-refractivity contribution is 5.88. The van der Waals surface area contributed by atoms with Gasteiger partial charge in [0.15, 0.2) is 6.61 Å². The Morgan fingerprint density at radius 1 is 0.875 bits per heavy atom. The highest BCUT2D eigenvalue weighted by Gasteiger charge is 2.32. The fraction of sp³-hybridized carbons (Fsp3) is 0.394. The number of nitrogens with zero attached hydrogens (tertiary/aromatic N) is 1. The van der Waals surface area contributed by atoms with Gasteiger partial charge in [0.1, 0.15) is 23.3 Å². The average molecular weight is 545 g/mol. The number of rotatable bonds is 12. The SMILES string of the molecule is COc1cc(OC)cc(OCC(=O)N(Cc2ccccc2C)[C@@H](Cc2ccccc2)C(=O)NC2CCCCC2)c1. The Morgan fingerprint density at radius 2 is 1.50 bits per heavy atom. The van der Waals surface area contributed by atoms with Crippen LogP contribution in [0.25, 0.3) is 0 Å².